The topological polar surface area (TPSA) is 24.5 Å². The van der Waals surface area contributed by atoms with Gasteiger partial charge >= 0.3 is 0 Å². The van der Waals surface area contributed by atoms with Gasteiger partial charge in [-0.05, 0) is 42.0 Å². The molecule has 1 unspecified atom stereocenters. The fourth-order valence-corrected chi connectivity index (χ4v) is 2.71. The van der Waals surface area contributed by atoms with Crippen LogP contribution in [0.2, 0.25) is 0 Å². The van der Waals surface area contributed by atoms with Gasteiger partial charge in [0.15, 0.2) is 0 Å². The fourth-order valence-electron chi connectivity index (χ4n) is 2.17. The standard InChI is InChI=1S/C17H19Cl3N2O/c1-22(2)14-8-4-12(5-9-14)16(17(18,19)20)21-13-6-10-15(23-3)11-7-13/h4-11,16,21H,1-3H3. The zero-order valence-corrected chi connectivity index (χ0v) is 15.5. The molecule has 0 saturated carbocycles. The highest BCUT2D eigenvalue weighted by Gasteiger charge is 2.34. The van der Waals surface area contributed by atoms with Crippen LogP contribution in [0.1, 0.15) is 11.6 Å². The van der Waals surface area contributed by atoms with Crippen molar-refractivity contribution >= 4 is 46.2 Å². The van der Waals surface area contributed by atoms with Crippen molar-refractivity contribution in [2.24, 2.45) is 0 Å². The Morgan fingerprint density at radius 1 is 0.957 bits per heavy atom. The predicted octanol–water partition coefficient (Wildman–Crippen LogP) is 5.28. The van der Waals surface area contributed by atoms with E-state index in [9.17, 15) is 0 Å². The Kier molecular flexibility index (Phi) is 5.90. The Morgan fingerprint density at radius 2 is 1.52 bits per heavy atom. The number of anilines is 2. The normalized spacial score (nSPS) is 12.6. The third-order valence-corrected chi connectivity index (χ3v) is 4.13. The van der Waals surface area contributed by atoms with E-state index >= 15 is 0 Å². The van der Waals surface area contributed by atoms with E-state index in [0.717, 1.165) is 22.7 Å². The average molecular weight is 374 g/mol. The van der Waals surface area contributed by atoms with E-state index < -0.39 is 9.83 Å². The van der Waals surface area contributed by atoms with Gasteiger partial charge in [0.25, 0.3) is 0 Å². The molecule has 3 nitrogen and oxygen atoms in total. The molecular formula is C17H19Cl3N2O. The monoisotopic (exact) mass is 372 g/mol. The highest BCUT2D eigenvalue weighted by atomic mass is 35.6. The van der Waals surface area contributed by atoms with Crippen LogP contribution in [-0.4, -0.2) is 25.0 Å². The molecule has 0 saturated heterocycles. The van der Waals surface area contributed by atoms with E-state index in [2.05, 4.69) is 5.32 Å². The molecule has 0 bridgehead atoms. The molecular weight excluding hydrogens is 355 g/mol. The molecule has 2 aromatic rings. The minimum atomic E-state index is -1.49. The van der Waals surface area contributed by atoms with Crippen molar-refractivity contribution in [2.45, 2.75) is 9.83 Å². The molecule has 0 spiro atoms. The van der Waals surface area contributed by atoms with Crippen LogP contribution in [0.15, 0.2) is 48.5 Å². The summed E-state index contributed by atoms with van der Waals surface area (Å²) in [5, 5.41) is 3.27. The molecule has 0 aromatic heterocycles. The van der Waals surface area contributed by atoms with Gasteiger partial charge in [-0.15, -0.1) is 0 Å². The number of benzene rings is 2. The summed E-state index contributed by atoms with van der Waals surface area (Å²) < 4.78 is 3.66. The van der Waals surface area contributed by atoms with Crippen LogP contribution >= 0.6 is 34.8 Å². The average Bonchev–Trinajstić information content (AvgIpc) is 2.52. The van der Waals surface area contributed by atoms with Crippen LogP contribution in [0.25, 0.3) is 0 Å². The summed E-state index contributed by atoms with van der Waals surface area (Å²) in [6.07, 6.45) is 0. The maximum Gasteiger partial charge on any atom is 0.214 e. The maximum absolute atomic E-state index is 6.18. The second kappa shape index (κ2) is 7.52. The van der Waals surface area contributed by atoms with Gasteiger partial charge in [-0.25, -0.2) is 0 Å². The first-order chi connectivity index (χ1) is 10.8. The zero-order valence-electron chi connectivity index (χ0n) is 13.2. The molecule has 0 aliphatic heterocycles. The molecule has 23 heavy (non-hydrogen) atoms. The molecule has 0 aliphatic carbocycles. The number of hydrogen-bond donors (Lipinski definition) is 1. The Bertz CT molecular complexity index is 622. The minimum absolute atomic E-state index is 0.475. The number of rotatable bonds is 5. The van der Waals surface area contributed by atoms with Crippen LogP contribution in [-0.2, 0) is 0 Å². The molecule has 124 valence electrons. The third kappa shape index (κ3) is 4.84. The second-order valence-electron chi connectivity index (χ2n) is 5.33. The summed E-state index contributed by atoms with van der Waals surface area (Å²) in [7, 11) is 5.59. The summed E-state index contributed by atoms with van der Waals surface area (Å²) in [5.41, 5.74) is 2.83. The first-order valence-electron chi connectivity index (χ1n) is 7.06. The molecule has 1 atom stereocenters. The summed E-state index contributed by atoms with van der Waals surface area (Å²) in [6.45, 7) is 0. The van der Waals surface area contributed by atoms with Crippen molar-refractivity contribution in [3.05, 3.63) is 54.1 Å². The quantitative estimate of drug-likeness (QED) is 0.721. The molecule has 0 radical (unpaired) electrons. The van der Waals surface area contributed by atoms with E-state index in [0.29, 0.717) is 0 Å². The maximum atomic E-state index is 6.18. The smallest absolute Gasteiger partial charge is 0.214 e. The lowest BCUT2D eigenvalue weighted by Crippen LogP contribution is -2.25. The Hall–Kier alpha value is -1.29. The molecule has 2 rings (SSSR count). The lowest BCUT2D eigenvalue weighted by Gasteiger charge is -2.27. The molecule has 0 fully saturated rings. The summed E-state index contributed by atoms with van der Waals surface area (Å²) in [4.78, 5) is 2.02. The Labute approximate surface area is 152 Å². The van der Waals surface area contributed by atoms with Crippen molar-refractivity contribution in [1.82, 2.24) is 0 Å². The number of alkyl halides is 3. The fraction of sp³-hybridized carbons (Fsp3) is 0.294. The van der Waals surface area contributed by atoms with Gasteiger partial charge in [-0.2, -0.15) is 0 Å². The lowest BCUT2D eigenvalue weighted by molar-refractivity contribution is 0.415. The molecule has 1 N–H and O–H groups in total. The van der Waals surface area contributed by atoms with Crippen molar-refractivity contribution in [1.29, 1.82) is 0 Å². The van der Waals surface area contributed by atoms with Crippen molar-refractivity contribution in [3.8, 4) is 5.75 Å². The van der Waals surface area contributed by atoms with E-state index in [-0.39, 0.29) is 0 Å². The van der Waals surface area contributed by atoms with Gasteiger partial charge in [-0.1, -0.05) is 46.9 Å². The highest BCUT2D eigenvalue weighted by Crippen LogP contribution is 2.42. The minimum Gasteiger partial charge on any atom is -0.497 e. The lowest BCUT2D eigenvalue weighted by atomic mass is 10.1. The number of ether oxygens (including phenoxy) is 1. The van der Waals surface area contributed by atoms with E-state index in [1.165, 1.54) is 0 Å². The zero-order chi connectivity index (χ0) is 17.0. The molecule has 0 aliphatic rings. The van der Waals surface area contributed by atoms with Crippen LogP contribution in [0.4, 0.5) is 11.4 Å². The predicted molar refractivity (Wildman–Crippen MR) is 100 cm³/mol. The van der Waals surface area contributed by atoms with Crippen molar-refractivity contribution in [3.63, 3.8) is 0 Å². The van der Waals surface area contributed by atoms with Gasteiger partial charge in [0, 0.05) is 25.5 Å². The van der Waals surface area contributed by atoms with Gasteiger partial charge in [0.05, 0.1) is 13.2 Å². The number of hydrogen-bond acceptors (Lipinski definition) is 3. The number of nitrogens with one attached hydrogen (secondary N) is 1. The first kappa shape index (κ1) is 18.1. The summed E-state index contributed by atoms with van der Waals surface area (Å²) in [6, 6.07) is 14.9. The number of halogens is 3. The SMILES string of the molecule is COc1ccc(NC(c2ccc(N(C)C)cc2)C(Cl)(Cl)Cl)cc1. The molecule has 2 aromatic carbocycles. The van der Waals surface area contributed by atoms with Crippen LogP contribution < -0.4 is 15.0 Å². The first-order valence-corrected chi connectivity index (χ1v) is 8.19. The molecule has 6 heteroatoms. The molecule has 0 amide bonds. The van der Waals surface area contributed by atoms with Crippen molar-refractivity contribution in [2.75, 3.05) is 31.4 Å². The highest BCUT2D eigenvalue weighted by molar-refractivity contribution is 6.68. The van der Waals surface area contributed by atoms with Crippen LogP contribution in [0, 0.1) is 0 Å². The van der Waals surface area contributed by atoms with E-state index in [1.54, 1.807) is 7.11 Å². The van der Waals surface area contributed by atoms with Gasteiger partial charge in [0.2, 0.25) is 3.79 Å². The number of nitrogens with zero attached hydrogens (tertiary/aromatic N) is 1. The Morgan fingerprint density at radius 3 is 1.96 bits per heavy atom. The molecule has 0 heterocycles. The van der Waals surface area contributed by atoms with Gasteiger partial charge < -0.3 is 15.0 Å². The largest absolute Gasteiger partial charge is 0.497 e. The third-order valence-electron chi connectivity index (χ3n) is 3.47. The van der Waals surface area contributed by atoms with Crippen LogP contribution in [0.5, 0.6) is 5.75 Å². The second-order valence-corrected chi connectivity index (χ2v) is 7.70. The van der Waals surface area contributed by atoms with Crippen LogP contribution in [0.3, 0.4) is 0 Å². The van der Waals surface area contributed by atoms with Gasteiger partial charge in [0.1, 0.15) is 5.75 Å². The van der Waals surface area contributed by atoms with E-state index in [1.807, 2.05) is 67.5 Å². The van der Waals surface area contributed by atoms with E-state index in [4.69, 9.17) is 39.5 Å². The Balaban J connectivity index is 2.26. The van der Waals surface area contributed by atoms with Crippen molar-refractivity contribution < 1.29 is 4.74 Å². The summed E-state index contributed by atoms with van der Waals surface area (Å²) in [5.74, 6) is 0.774. The van der Waals surface area contributed by atoms with Gasteiger partial charge in [-0.3, -0.25) is 0 Å². The summed E-state index contributed by atoms with van der Waals surface area (Å²) >= 11 is 18.5. The number of methoxy groups -OCH3 is 1.